The predicted octanol–water partition coefficient (Wildman–Crippen LogP) is 2.62. The molecule has 2 aliphatic rings. The number of aromatic nitrogens is 1. The summed E-state index contributed by atoms with van der Waals surface area (Å²) in [5.74, 6) is 0.585. The summed E-state index contributed by atoms with van der Waals surface area (Å²) < 4.78 is 5.54. The van der Waals surface area contributed by atoms with E-state index in [2.05, 4.69) is 16.4 Å². The van der Waals surface area contributed by atoms with E-state index in [-0.39, 0.29) is 36.0 Å². The molecular weight excluding hydrogens is 378 g/mol. The number of hydrogen-bond acceptors (Lipinski definition) is 6. The van der Waals surface area contributed by atoms with Crippen molar-refractivity contribution in [1.29, 1.82) is 5.26 Å². The second kappa shape index (κ2) is 8.55. The van der Waals surface area contributed by atoms with Gasteiger partial charge in [-0.2, -0.15) is 5.26 Å². The van der Waals surface area contributed by atoms with Gasteiger partial charge in [-0.05, 0) is 42.9 Å². The monoisotopic (exact) mass is 405 g/mol. The molecule has 1 saturated heterocycles. The van der Waals surface area contributed by atoms with Crippen LogP contribution < -0.4 is 10.1 Å². The first kappa shape index (κ1) is 20.5. The Morgan fingerprint density at radius 2 is 2.13 bits per heavy atom. The summed E-state index contributed by atoms with van der Waals surface area (Å²) in [5.41, 5.74) is 0.339. The summed E-state index contributed by atoms with van der Waals surface area (Å²) in [5, 5.41) is 24.7. The van der Waals surface area contributed by atoms with Gasteiger partial charge < -0.3 is 15.2 Å². The maximum absolute atomic E-state index is 13.1. The van der Waals surface area contributed by atoms with Crippen molar-refractivity contribution in [3.05, 3.63) is 59.9 Å². The molecular formula is C24H27N3O3. The molecule has 2 aromatic rings. The number of nitrogens with zero attached hydrogens (tertiary/aromatic N) is 2. The minimum absolute atomic E-state index is 0.0243. The van der Waals surface area contributed by atoms with Crippen LogP contribution >= 0.6 is 0 Å². The number of rotatable bonds is 6. The second-order valence-electron chi connectivity index (χ2n) is 8.41. The summed E-state index contributed by atoms with van der Waals surface area (Å²) >= 11 is 0. The van der Waals surface area contributed by atoms with E-state index in [0.29, 0.717) is 25.1 Å². The molecule has 0 amide bonds. The summed E-state index contributed by atoms with van der Waals surface area (Å²) in [7, 11) is 1.60. The van der Waals surface area contributed by atoms with E-state index >= 15 is 0 Å². The molecule has 1 unspecified atom stereocenters. The number of ether oxygens (including phenoxy) is 1. The number of nitrogens with one attached hydrogen (secondary N) is 1. The van der Waals surface area contributed by atoms with Crippen molar-refractivity contribution in [1.82, 2.24) is 10.3 Å². The lowest BCUT2D eigenvalue weighted by Crippen LogP contribution is -2.48. The molecule has 0 radical (unpaired) electrons. The highest BCUT2D eigenvalue weighted by molar-refractivity contribution is 5.86. The number of pyridine rings is 1. The molecule has 156 valence electrons. The zero-order valence-electron chi connectivity index (χ0n) is 17.1. The van der Waals surface area contributed by atoms with Crippen LogP contribution in [0.25, 0.3) is 0 Å². The SMILES string of the molecule is COc1ccccc1[C@]1(O)C[C@H](CC#N)C[C@H]2C(C(=O)Cc3ccccn3)NC[C@H]21. The van der Waals surface area contributed by atoms with Gasteiger partial charge in [-0.25, -0.2) is 0 Å². The normalized spacial score (nSPS) is 30.3. The number of benzene rings is 1. The first-order chi connectivity index (χ1) is 14.6. The molecule has 5 atom stereocenters. The minimum atomic E-state index is -1.15. The summed E-state index contributed by atoms with van der Waals surface area (Å²) in [4.78, 5) is 17.4. The van der Waals surface area contributed by atoms with Crippen molar-refractivity contribution in [2.24, 2.45) is 17.8 Å². The van der Waals surface area contributed by atoms with E-state index in [4.69, 9.17) is 4.74 Å². The van der Waals surface area contributed by atoms with E-state index in [0.717, 1.165) is 17.7 Å². The maximum Gasteiger partial charge on any atom is 0.155 e. The molecule has 2 N–H and O–H groups in total. The fraction of sp³-hybridized carbons (Fsp3) is 0.458. The molecule has 1 aromatic carbocycles. The Balaban J connectivity index is 1.65. The van der Waals surface area contributed by atoms with Crippen molar-refractivity contribution in [2.75, 3.05) is 13.7 Å². The Morgan fingerprint density at radius 1 is 1.33 bits per heavy atom. The van der Waals surface area contributed by atoms with Crippen molar-refractivity contribution in [3.8, 4) is 11.8 Å². The van der Waals surface area contributed by atoms with Crippen LogP contribution in [0.3, 0.4) is 0 Å². The number of methoxy groups -OCH3 is 1. The lowest BCUT2D eigenvalue weighted by molar-refractivity contribution is -0.124. The van der Waals surface area contributed by atoms with E-state index in [1.54, 1.807) is 13.3 Å². The first-order valence-electron chi connectivity index (χ1n) is 10.5. The number of ketones is 1. The molecule has 1 aliphatic carbocycles. The Morgan fingerprint density at radius 3 is 2.87 bits per heavy atom. The second-order valence-corrected chi connectivity index (χ2v) is 8.41. The first-order valence-corrected chi connectivity index (χ1v) is 10.5. The number of carbonyl (C=O) groups excluding carboxylic acids is 1. The van der Waals surface area contributed by atoms with Crippen LogP contribution in [0.1, 0.15) is 30.5 Å². The Bertz CT molecular complexity index is 942. The van der Waals surface area contributed by atoms with Gasteiger partial charge in [0.1, 0.15) is 5.75 Å². The third-order valence-corrected chi connectivity index (χ3v) is 6.70. The van der Waals surface area contributed by atoms with E-state index in [1.807, 2.05) is 42.5 Å². The number of fused-ring (bicyclic) bond motifs is 1. The highest BCUT2D eigenvalue weighted by atomic mass is 16.5. The van der Waals surface area contributed by atoms with Crippen LogP contribution in [0.15, 0.2) is 48.7 Å². The molecule has 2 fully saturated rings. The Labute approximate surface area is 176 Å². The lowest BCUT2D eigenvalue weighted by Gasteiger charge is -2.46. The third-order valence-electron chi connectivity index (χ3n) is 6.70. The van der Waals surface area contributed by atoms with Crippen molar-refractivity contribution >= 4 is 5.78 Å². The molecule has 0 spiro atoms. The zero-order chi connectivity index (χ0) is 21.1. The van der Waals surface area contributed by atoms with Gasteiger partial charge in [0.05, 0.1) is 31.2 Å². The number of Topliss-reactive ketones (excluding diaryl/α,β-unsaturated/α-hetero) is 1. The van der Waals surface area contributed by atoms with Gasteiger partial charge in [-0.1, -0.05) is 24.3 Å². The molecule has 1 saturated carbocycles. The van der Waals surface area contributed by atoms with Crippen molar-refractivity contribution < 1.29 is 14.6 Å². The largest absolute Gasteiger partial charge is 0.496 e. The molecule has 1 aromatic heterocycles. The molecule has 2 heterocycles. The Hall–Kier alpha value is -2.75. The topological polar surface area (TPSA) is 95.2 Å². The van der Waals surface area contributed by atoms with E-state index < -0.39 is 5.60 Å². The van der Waals surface area contributed by atoms with Crippen LogP contribution in [0.2, 0.25) is 0 Å². The molecule has 6 heteroatoms. The molecule has 4 rings (SSSR count). The number of nitriles is 1. The highest BCUT2D eigenvalue weighted by Gasteiger charge is 2.55. The number of hydrogen-bond donors (Lipinski definition) is 2. The van der Waals surface area contributed by atoms with Crippen LogP contribution in [-0.4, -0.2) is 35.6 Å². The van der Waals surface area contributed by atoms with Crippen molar-refractivity contribution in [3.63, 3.8) is 0 Å². The lowest BCUT2D eigenvalue weighted by atomic mass is 9.61. The fourth-order valence-electron chi connectivity index (χ4n) is 5.41. The molecule has 1 aliphatic heterocycles. The maximum atomic E-state index is 13.1. The Kier molecular flexibility index (Phi) is 5.85. The van der Waals surface area contributed by atoms with Gasteiger partial charge in [0.25, 0.3) is 0 Å². The smallest absolute Gasteiger partial charge is 0.155 e. The molecule has 30 heavy (non-hydrogen) atoms. The van der Waals surface area contributed by atoms with E-state index in [9.17, 15) is 15.2 Å². The molecule has 0 bridgehead atoms. The fourth-order valence-corrected chi connectivity index (χ4v) is 5.41. The third kappa shape index (κ3) is 3.71. The predicted molar refractivity (Wildman–Crippen MR) is 112 cm³/mol. The summed E-state index contributed by atoms with van der Waals surface area (Å²) in [6, 6.07) is 15.0. The van der Waals surface area contributed by atoms with Gasteiger partial charge >= 0.3 is 0 Å². The number of carbonyl (C=O) groups is 1. The van der Waals surface area contributed by atoms with Gasteiger partial charge in [0.15, 0.2) is 5.78 Å². The van der Waals surface area contributed by atoms with Gasteiger partial charge in [-0.15, -0.1) is 0 Å². The highest BCUT2D eigenvalue weighted by Crippen LogP contribution is 2.52. The molecule has 6 nitrogen and oxygen atoms in total. The van der Waals surface area contributed by atoms with Crippen LogP contribution in [0.4, 0.5) is 0 Å². The number of para-hydroxylation sites is 1. The summed E-state index contributed by atoms with van der Waals surface area (Å²) in [6.45, 7) is 0.553. The average Bonchev–Trinajstić information content (AvgIpc) is 3.20. The van der Waals surface area contributed by atoms with E-state index in [1.165, 1.54) is 0 Å². The zero-order valence-corrected chi connectivity index (χ0v) is 17.1. The standard InChI is InChI=1S/C24H27N3O3/c1-30-22-8-3-2-7-19(22)24(29)14-16(9-10-25)12-18-20(24)15-27-23(18)21(28)13-17-6-4-5-11-26-17/h2-8,11,16,18,20,23,27,29H,9,12-15H2,1H3/t16-,18-,20-,23?,24-/m1/s1. The van der Waals surface area contributed by atoms with Crippen LogP contribution in [-0.2, 0) is 16.8 Å². The van der Waals surface area contributed by atoms with Gasteiger partial charge in [0, 0.05) is 36.3 Å². The minimum Gasteiger partial charge on any atom is -0.496 e. The van der Waals surface area contributed by atoms with Gasteiger partial charge in [-0.3, -0.25) is 9.78 Å². The van der Waals surface area contributed by atoms with Gasteiger partial charge in [0.2, 0.25) is 0 Å². The van der Waals surface area contributed by atoms with Crippen LogP contribution in [0.5, 0.6) is 5.75 Å². The number of aliphatic hydroxyl groups is 1. The summed E-state index contributed by atoms with van der Waals surface area (Å²) in [6.07, 6.45) is 3.56. The van der Waals surface area contributed by atoms with Crippen molar-refractivity contribution in [2.45, 2.75) is 37.3 Å². The quantitative estimate of drug-likeness (QED) is 0.767. The van der Waals surface area contributed by atoms with Crippen LogP contribution in [0, 0.1) is 29.1 Å². The average molecular weight is 405 g/mol.